The first-order chi connectivity index (χ1) is 15.6. The number of aryl methyl sites for hydroxylation is 2. The maximum absolute atomic E-state index is 13.3. The molecule has 1 aliphatic carbocycles. The molecule has 170 valence electrons. The largest absolute Gasteiger partial charge is 0.486 e. The summed E-state index contributed by atoms with van der Waals surface area (Å²) in [6.45, 7) is 4.83. The van der Waals surface area contributed by atoms with Crippen LogP contribution in [0.15, 0.2) is 36.4 Å². The Balaban J connectivity index is 1.47. The quantitative estimate of drug-likeness (QED) is 0.642. The molecule has 32 heavy (non-hydrogen) atoms. The molecular formula is C26H31NO5. The van der Waals surface area contributed by atoms with Crippen molar-refractivity contribution in [2.75, 3.05) is 25.1 Å². The van der Waals surface area contributed by atoms with E-state index in [1.54, 1.807) is 0 Å². The van der Waals surface area contributed by atoms with Gasteiger partial charge in [-0.25, -0.2) is 0 Å². The van der Waals surface area contributed by atoms with Crippen LogP contribution < -0.4 is 14.8 Å². The van der Waals surface area contributed by atoms with Crippen molar-refractivity contribution in [3.63, 3.8) is 0 Å². The van der Waals surface area contributed by atoms with Crippen LogP contribution in [0.25, 0.3) is 0 Å². The van der Waals surface area contributed by atoms with Gasteiger partial charge < -0.3 is 19.5 Å². The molecule has 0 unspecified atom stereocenters. The molecule has 2 aromatic carbocycles. The maximum Gasteiger partial charge on any atom is 0.317 e. The lowest BCUT2D eigenvalue weighted by Crippen LogP contribution is -2.36. The fourth-order valence-corrected chi connectivity index (χ4v) is 4.78. The second-order valence-electron chi connectivity index (χ2n) is 8.43. The average molecular weight is 438 g/mol. The monoisotopic (exact) mass is 437 g/mol. The first kappa shape index (κ1) is 22.2. The highest BCUT2D eigenvalue weighted by Gasteiger charge is 2.45. The average Bonchev–Trinajstić information content (AvgIpc) is 3.33. The zero-order chi connectivity index (χ0) is 22.6. The molecule has 1 N–H and O–H groups in total. The van der Waals surface area contributed by atoms with Crippen LogP contribution in [-0.4, -0.2) is 31.7 Å². The molecule has 6 heteroatoms. The SMILES string of the molecule is CCc1cccc(CC)c1NC(=O)COC(=O)C1(c2ccc3c(c2)OCCO3)CCCC1. The number of para-hydroxylation sites is 1. The number of amides is 1. The van der Waals surface area contributed by atoms with Crippen molar-refractivity contribution in [2.45, 2.75) is 57.8 Å². The van der Waals surface area contributed by atoms with Gasteiger partial charge in [0.1, 0.15) is 13.2 Å². The van der Waals surface area contributed by atoms with Crippen LogP contribution in [0.3, 0.4) is 0 Å². The van der Waals surface area contributed by atoms with Gasteiger partial charge in [0.2, 0.25) is 0 Å². The molecule has 1 fully saturated rings. The van der Waals surface area contributed by atoms with Crippen LogP contribution >= 0.6 is 0 Å². The Morgan fingerprint density at radius 1 is 0.969 bits per heavy atom. The molecular weight excluding hydrogens is 406 g/mol. The van der Waals surface area contributed by atoms with E-state index in [0.29, 0.717) is 37.6 Å². The molecule has 4 rings (SSSR count). The van der Waals surface area contributed by atoms with E-state index in [1.807, 2.05) is 36.4 Å². The van der Waals surface area contributed by atoms with E-state index in [2.05, 4.69) is 19.2 Å². The maximum atomic E-state index is 13.3. The third-order valence-electron chi connectivity index (χ3n) is 6.54. The topological polar surface area (TPSA) is 73.9 Å². The molecule has 0 saturated heterocycles. The lowest BCUT2D eigenvalue weighted by atomic mass is 9.78. The summed E-state index contributed by atoms with van der Waals surface area (Å²) >= 11 is 0. The van der Waals surface area contributed by atoms with Crippen molar-refractivity contribution in [2.24, 2.45) is 0 Å². The van der Waals surface area contributed by atoms with Crippen LogP contribution in [0.1, 0.15) is 56.2 Å². The van der Waals surface area contributed by atoms with Crippen molar-refractivity contribution >= 4 is 17.6 Å². The Labute approximate surface area is 189 Å². The van der Waals surface area contributed by atoms with E-state index in [0.717, 1.165) is 48.1 Å². The van der Waals surface area contributed by atoms with E-state index in [9.17, 15) is 9.59 Å². The molecule has 1 saturated carbocycles. The van der Waals surface area contributed by atoms with Crippen LogP contribution in [-0.2, 0) is 32.6 Å². The molecule has 2 aromatic rings. The van der Waals surface area contributed by atoms with Crippen LogP contribution in [0.2, 0.25) is 0 Å². The number of hydrogen-bond acceptors (Lipinski definition) is 5. The van der Waals surface area contributed by atoms with Gasteiger partial charge in [-0.05, 0) is 54.5 Å². The minimum absolute atomic E-state index is 0.299. The highest BCUT2D eigenvalue weighted by atomic mass is 16.6. The first-order valence-corrected chi connectivity index (χ1v) is 11.6. The predicted molar refractivity (Wildman–Crippen MR) is 122 cm³/mol. The molecule has 6 nitrogen and oxygen atoms in total. The van der Waals surface area contributed by atoms with Crippen LogP contribution in [0, 0.1) is 0 Å². The minimum atomic E-state index is -0.744. The molecule has 0 spiro atoms. The number of fused-ring (bicyclic) bond motifs is 1. The van der Waals surface area contributed by atoms with Crippen LogP contribution in [0.4, 0.5) is 5.69 Å². The lowest BCUT2D eigenvalue weighted by Gasteiger charge is -2.29. The Morgan fingerprint density at radius 2 is 1.62 bits per heavy atom. The summed E-state index contributed by atoms with van der Waals surface area (Å²) in [6, 6.07) is 11.7. The van der Waals surface area contributed by atoms with Gasteiger partial charge >= 0.3 is 5.97 Å². The van der Waals surface area contributed by atoms with Crippen molar-refractivity contribution in [3.05, 3.63) is 53.1 Å². The Hall–Kier alpha value is -3.02. The molecule has 0 atom stereocenters. The second-order valence-corrected chi connectivity index (χ2v) is 8.43. The van der Waals surface area contributed by atoms with Crippen molar-refractivity contribution in [3.8, 4) is 11.5 Å². The third kappa shape index (κ3) is 4.31. The summed E-state index contributed by atoms with van der Waals surface area (Å²) in [5.74, 6) is 0.696. The van der Waals surface area contributed by atoms with Gasteiger partial charge in [0.05, 0.1) is 5.41 Å². The normalized spacial score (nSPS) is 16.4. The summed E-state index contributed by atoms with van der Waals surface area (Å²) in [5, 5.41) is 2.97. The molecule has 0 radical (unpaired) electrons. The van der Waals surface area contributed by atoms with Gasteiger partial charge in [-0.2, -0.15) is 0 Å². The number of esters is 1. The van der Waals surface area contributed by atoms with Gasteiger partial charge in [0.15, 0.2) is 18.1 Å². The Bertz CT molecular complexity index is 971. The molecule has 1 amide bonds. The van der Waals surface area contributed by atoms with Crippen molar-refractivity contribution in [1.29, 1.82) is 0 Å². The molecule has 1 heterocycles. The molecule has 0 aromatic heterocycles. The minimum Gasteiger partial charge on any atom is -0.486 e. The summed E-state index contributed by atoms with van der Waals surface area (Å²) in [5.41, 5.74) is 3.11. The van der Waals surface area contributed by atoms with E-state index < -0.39 is 5.41 Å². The fraction of sp³-hybridized carbons (Fsp3) is 0.462. The number of carbonyl (C=O) groups is 2. The van der Waals surface area contributed by atoms with Gasteiger partial charge in [-0.1, -0.05) is 51.0 Å². The number of nitrogens with one attached hydrogen (secondary N) is 1. The van der Waals surface area contributed by atoms with E-state index in [-0.39, 0.29) is 18.5 Å². The van der Waals surface area contributed by atoms with E-state index in [4.69, 9.17) is 14.2 Å². The molecule has 2 aliphatic rings. The van der Waals surface area contributed by atoms with Gasteiger partial charge in [-0.3, -0.25) is 9.59 Å². The highest BCUT2D eigenvalue weighted by molar-refractivity contribution is 5.95. The zero-order valence-electron chi connectivity index (χ0n) is 18.9. The lowest BCUT2D eigenvalue weighted by molar-refractivity contribution is -0.153. The predicted octanol–water partition coefficient (Wildman–Crippen LogP) is 4.58. The third-order valence-corrected chi connectivity index (χ3v) is 6.54. The molecule has 0 bridgehead atoms. The second kappa shape index (κ2) is 9.63. The van der Waals surface area contributed by atoms with Crippen molar-refractivity contribution in [1.82, 2.24) is 0 Å². The Kier molecular flexibility index (Phi) is 6.68. The first-order valence-electron chi connectivity index (χ1n) is 11.6. The van der Waals surface area contributed by atoms with Crippen molar-refractivity contribution < 1.29 is 23.8 Å². The van der Waals surface area contributed by atoms with Crippen LogP contribution in [0.5, 0.6) is 11.5 Å². The highest BCUT2D eigenvalue weighted by Crippen LogP contribution is 2.45. The summed E-state index contributed by atoms with van der Waals surface area (Å²) < 4.78 is 16.9. The number of rotatable bonds is 7. The summed E-state index contributed by atoms with van der Waals surface area (Å²) in [7, 11) is 0. The smallest absolute Gasteiger partial charge is 0.317 e. The number of benzene rings is 2. The Morgan fingerprint density at radius 3 is 2.28 bits per heavy atom. The molecule has 1 aliphatic heterocycles. The van der Waals surface area contributed by atoms with E-state index in [1.165, 1.54) is 0 Å². The standard InChI is InChI=1S/C26H31NO5/c1-3-18-8-7-9-19(4-2)24(18)27-23(28)17-32-25(29)26(12-5-6-13-26)20-10-11-21-22(16-20)31-15-14-30-21/h7-11,16H,3-6,12-15,17H2,1-2H3,(H,27,28). The van der Waals surface area contributed by atoms with Gasteiger partial charge in [0, 0.05) is 5.69 Å². The van der Waals surface area contributed by atoms with Gasteiger partial charge in [0.25, 0.3) is 5.91 Å². The fourth-order valence-electron chi connectivity index (χ4n) is 4.78. The number of hydrogen-bond donors (Lipinski definition) is 1. The number of ether oxygens (including phenoxy) is 3. The van der Waals surface area contributed by atoms with E-state index >= 15 is 0 Å². The number of carbonyl (C=O) groups excluding carboxylic acids is 2. The number of anilines is 1. The zero-order valence-corrected chi connectivity index (χ0v) is 18.9. The van der Waals surface area contributed by atoms with Gasteiger partial charge in [-0.15, -0.1) is 0 Å². The summed E-state index contributed by atoms with van der Waals surface area (Å²) in [6.07, 6.45) is 4.92. The summed E-state index contributed by atoms with van der Waals surface area (Å²) in [4.78, 5) is 25.9.